The molecule has 0 aliphatic carbocycles. The number of carbonyl (C=O) groups excluding carboxylic acids is 1. The highest BCUT2D eigenvalue weighted by molar-refractivity contribution is 9.10. The van der Waals surface area contributed by atoms with Crippen molar-refractivity contribution in [3.63, 3.8) is 0 Å². The second-order valence-electron chi connectivity index (χ2n) is 7.34. The van der Waals surface area contributed by atoms with Gasteiger partial charge in [-0.25, -0.2) is 4.68 Å². The van der Waals surface area contributed by atoms with Crippen molar-refractivity contribution >= 4 is 45.2 Å². The Morgan fingerprint density at radius 2 is 2.10 bits per heavy atom. The van der Waals surface area contributed by atoms with Crippen molar-refractivity contribution in [2.24, 2.45) is 0 Å². The topological polar surface area (TPSA) is 85.0 Å². The highest BCUT2D eigenvalue weighted by Gasteiger charge is 2.36. The first kappa shape index (κ1) is 21.7. The van der Waals surface area contributed by atoms with Crippen molar-refractivity contribution in [3.05, 3.63) is 63.7 Å². The summed E-state index contributed by atoms with van der Waals surface area (Å²) in [5.41, 5.74) is 3.01. The number of carbonyl (C=O) groups is 1. The van der Waals surface area contributed by atoms with Crippen molar-refractivity contribution in [3.8, 4) is 0 Å². The lowest BCUT2D eigenvalue weighted by molar-refractivity contribution is -0.113. The number of unbranched alkanes of at least 4 members (excludes halogenated alkanes) is 1. The van der Waals surface area contributed by atoms with Crippen molar-refractivity contribution in [1.29, 1.82) is 0 Å². The number of allylic oxidation sites excluding steroid dienone is 1. The molecule has 0 fully saturated rings. The molecule has 0 spiro atoms. The molecule has 1 aliphatic heterocycles. The highest BCUT2D eigenvalue weighted by atomic mass is 79.9. The summed E-state index contributed by atoms with van der Waals surface area (Å²) in [5.74, 6) is 1.95. The molecule has 3 heterocycles. The van der Waals surface area contributed by atoms with Gasteiger partial charge in [-0.1, -0.05) is 43.3 Å². The first-order valence-corrected chi connectivity index (χ1v) is 11.9. The van der Waals surface area contributed by atoms with Gasteiger partial charge in [-0.15, -0.1) is 5.10 Å². The van der Waals surface area contributed by atoms with Gasteiger partial charge in [-0.3, -0.25) is 4.79 Å². The molecule has 0 bridgehead atoms. The average molecular weight is 502 g/mol. The lowest BCUT2D eigenvalue weighted by Gasteiger charge is -2.27. The summed E-state index contributed by atoms with van der Waals surface area (Å²) < 4.78 is 8.20. The summed E-state index contributed by atoms with van der Waals surface area (Å²) in [5, 5.41) is 11.7. The van der Waals surface area contributed by atoms with Gasteiger partial charge in [-0.2, -0.15) is 4.98 Å². The summed E-state index contributed by atoms with van der Waals surface area (Å²) >= 11 is 4.99. The van der Waals surface area contributed by atoms with Crippen molar-refractivity contribution < 1.29 is 9.21 Å². The first-order chi connectivity index (χ1) is 15.0. The Morgan fingerprint density at radius 1 is 1.29 bits per heavy atom. The first-order valence-electron chi connectivity index (χ1n) is 10.2. The number of halogens is 1. The molecule has 1 aromatic carbocycles. The van der Waals surface area contributed by atoms with Crippen LogP contribution >= 0.6 is 27.7 Å². The zero-order chi connectivity index (χ0) is 22.0. The normalized spacial score (nSPS) is 15.5. The van der Waals surface area contributed by atoms with Gasteiger partial charge in [0.25, 0.3) is 5.91 Å². The fraction of sp³-hybridized carbons (Fsp3) is 0.318. The Balaban J connectivity index is 1.71. The van der Waals surface area contributed by atoms with E-state index in [1.807, 2.05) is 50.2 Å². The number of fused-ring (bicyclic) bond motifs is 1. The van der Waals surface area contributed by atoms with Gasteiger partial charge < -0.3 is 15.1 Å². The van der Waals surface area contributed by atoms with Crippen LogP contribution in [0.15, 0.2) is 61.9 Å². The van der Waals surface area contributed by atoms with E-state index in [9.17, 15) is 4.79 Å². The number of benzene rings is 1. The Bertz CT molecular complexity index is 1140. The molecule has 7 nitrogen and oxygen atoms in total. The second-order valence-corrected chi connectivity index (χ2v) is 9.19. The van der Waals surface area contributed by atoms with Crippen LogP contribution in [0, 0.1) is 6.92 Å². The maximum atomic E-state index is 13.4. The van der Waals surface area contributed by atoms with E-state index in [-0.39, 0.29) is 5.91 Å². The zero-order valence-electron chi connectivity index (χ0n) is 17.6. The molecule has 0 saturated carbocycles. The van der Waals surface area contributed by atoms with Gasteiger partial charge >= 0.3 is 0 Å². The Kier molecular flexibility index (Phi) is 6.52. The van der Waals surface area contributed by atoms with Crippen LogP contribution in [0.3, 0.4) is 0 Å². The predicted molar refractivity (Wildman–Crippen MR) is 126 cm³/mol. The number of para-hydroxylation sites is 1. The third-order valence-corrected chi connectivity index (χ3v) is 6.41. The molecule has 4 rings (SSSR count). The van der Waals surface area contributed by atoms with Crippen LogP contribution in [-0.2, 0) is 4.79 Å². The average Bonchev–Trinajstić information content (AvgIpc) is 3.34. The van der Waals surface area contributed by atoms with E-state index in [4.69, 9.17) is 9.52 Å². The van der Waals surface area contributed by atoms with Crippen LogP contribution in [0.2, 0.25) is 0 Å². The summed E-state index contributed by atoms with van der Waals surface area (Å²) in [6.45, 7) is 6.00. The molecule has 1 amide bonds. The number of thioether (sulfide) groups is 1. The van der Waals surface area contributed by atoms with Crippen LogP contribution in [-0.4, -0.2) is 26.4 Å². The Labute approximate surface area is 193 Å². The summed E-state index contributed by atoms with van der Waals surface area (Å²) in [4.78, 5) is 18.1. The summed E-state index contributed by atoms with van der Waals surface area (Å²) in [6, 6.07) is 10.8. The molecule has 162 valence electrons. The number of hydrogen-bond acceptors (Lipinski definition) is 6. The molecular weight excluding hydrogens is 478 g/mol. The molecule has 9 heteroatoms. The number of nitrogens with one attached hydrogen (secondary N) is 2. The molecule has 0 saturated heterocycles. The molecule has 1 aliphatic rings. The van der Waals surface area contributed by atoms with E-state index in [0.717, 1.165) is 29.8 Å². The quantitative estimate of drug-likeness (QED) is 0.316. The zero-order valence-corrected chi connectivity index (χ0v) is 20.0. The lowest BCUT2D eigenvalue weighted by atomic mass is 10.00. The number of hydrogen-bond donors (Lipinski definition) is 2. The largest absolute Gasteiger partial charge is 0.452 e. The minimum absolute atomic E-state index is 0.210. The number of aryl methyl sites for hydroxylation is 1. The van der Waals surface area contributed by atoms with Gasteiger partial charge in [-0.05, 0) is 60.0 Å². The molecule has 31 heavy (non-hydrogen) atoms. The highest BCUT2D eigenvalue weighted by Crippen LogP contribution is 2.38. The minimum atomic E-state index is -0.528. The molecule has 0 radical (unpaired) electrons. The molecule has 1 atom stereocenters. The van der Waals surface area contributed by atoms with Crippen molar-refractivity contribution in [1.82, 2.24) is 14.8 Å². The SMILES string of the molecule is CCCCSc1nc2n(n1)C(c1ccc(Br)o1)C(C(=O)Nc1ccccc1C)=C(C)N2. The molecular formula is C22H24BrN5O2S. The van der Waals surface area contributed by atoms with E-state index >= 15 is 0 Å². The van der Waals surface area contributed by atoms with E-state index in [1.165, 1.54) is 0 Å². The number of furan rings is 1. The minimum Gasteiger partial charge on any atom is -0.452 e. The van der Waals surface area contributed by atoms with Crippen LogP contribution in [0.25, 0.3) is 0 Å². The molecule has 2 N–H and O–H groups in total. The van der Waals surface area contributed by atoms with Gasteiger partial charge in [0.05, 0.1) is 5.57 Å². The standard InChI is InChI=1S/C22H24BrN5O2S/c1-4-5-12-31-22-26-21-24-14(3)18(20(29)25-15-9-7-6-8-13(15)2)19(28(21)27-22)16-10-11-17(23)30-16/h6-11,19H,4-5,12H2,1-3H3,(H,25,29)(H,24,26,27). The lowest BCUT2D eigenvalue weighted by Crippen LogP contribution is -2.31. The molecule has 1 unspecified atom stereocenters. The van der Waals surface area contributed by atoms with Crippen LogP contribution < -0.4 is 10.6 Å². The third-order valence-electron chi connectivity index (χ3n) is 5.06. The van der Waals surface area contributed by atoms with Crippen LogP contribution in [0.5, 0.6) is 0 Å². The van der Waals surface area contributed by atoms with Crippen LogP contribution in [0.4, 0.5) is 11.6 Å². The summed E-state index contributed by atoms with van der Waals surface area (Å²) in [6.07, 6.45) is 2.21. The predicted octanol–water partition coefficient (Wildman–Crippen LogP) is 5.76. The molecule has 3 aromatic rings. The maximum Gasteiger partial charge on any atom is 0.256 e. The van der Waals surface area contributed by atoms with E-state index < -0.39 is 6.04 Å². The fourth-order valence-electron chi connectivity index (χ4n) is 3.44. The van der Waals surface area contributed by atoms with E-state index in [1.54, 1.807) is 16.4 Å². The number of rotatable bonds is 7. The van der Waals surface area contributed by atoms with E-state index in [2.05, 4.69) is 38.5 Å². The van der Waals surface area contributed by atoms with Gasteiger partial charge in [0, 0.05) is 17.1 Å². The second kappa shape index (κ2) is 9.32. The summed E-state index contributed by atoms with van der Waals surface area (Å²) in [7, 11) is 0. The third kappa shape index (κ3) is 4.57. The van der Waals surface area contributed by atoms with Crippen molar-refractivity contribution in [2.45, 2.75) is 44.8 Å². The number of amides is 1. The number of anilines is 2. The number of nitrogens with zero attached hydrogens (tertiary/aromatic N) is 3. The Morgan fingerprint density at radius 3 is 2.81 bits per heavy atom. The van der Waals surface area contributed by atoms with E-state index in [0.29, 0.717) is 32.8 Å². The maximum absolute atomic E-state index is 13.4. The van der Waals surface area contributed by atoms with Gasteiger partial charge in [0.2, 0.25) is 11.1 Å². The van der Waals surface area contributed by atoms with Crippen LogP contribution in [0.1, 0.15) is 44.1 Å². The molecule has 2 aromatic heterocycles. The number of aromatic nitrogens is 3. The van der Waals surface area contributed by atoms with Gasteiger partial charge in [0.15, 0.2) is 4.67 Å². The Hall–Kier alpha value is -2.52. The van der Waals surface area contributed by atoms with Gasteiger partial charge in [0.1, 0.15) is 11.8 Å². The monoisotopic (exact) mass is 501 g/mol. The van der Waals surface area contributed by atoms with Crippen molar-refractivity contribution in [2.75, 3.05) is 16.4 Å². The smallest absolute Gasteiger partial charge is 0.256 e. The fourth-order valence-corrected chi connectivity index (χ4v) is 4.67.